The molecule has 0 bridgehead atoms. The molecule has 4 nitrogen and oxygen atoms in total. The quantitative estimate of drug-likeness (QED) is 0.838. The molecule has 0 saturated carbocycles. The Morgan fingerprint density at radius 1 is 1.71 bits per heavy atom. The van der Waals surface area contributed by atoms with Gasteiger partial charge in [-0.05, 0) is 22.4 Å². The summed E-state index contributed by atoms with van der Waals surface area (Å²) < 4.78 is 8.16. The van der Waals surface area contributed by atoms with Gasteiger partial charge in [0.15, 0.2) is 0 Å². The maximum absolute atomic E-state index is 5.91. The minimum atomic E-state index is 0.370. The van der Waals surface area contributed by atoms with E-state index in [0.717, 1.165) is 24.1 Å². The van der Waals surface area contributed by atoms with Crippen LogP contribution >= 0.6 is 15.9 Å². The molecule has 2 rings (SSSR count). The fourth-order valence-corrected chi connectivity index (χ4v) is 2.12. The summed E-state index contributed by atoms with van der Waals surface area (Å²) in [5.74, 6) is 1.18. The fourth-order valence-electron chi connectivity index (χ4n) is 1.85. The highest BCUT2D eigenvalue weighted by atomic mass is 79.9. The first-order valence-corrected chi connectivity index (χ1v) is 5.55. The van der Waals surface area contributed by atoms with Gasteiger partial charge in [0.1, 0.15) is 5.82 Å². The van der Waals surface area contributed by atoms with Gasteiger partial charge in [0.25, 0.3) is 0 Å². The number of hydrogen-bond donors (Lipinski definition) is 1. The highest BCUT2D eigenvalue weighted by molar-refractivity contribution is 9.10. The van der Waals surface area contributed by atoms with Crippen LogP contribution in [-0.2, 0) is 4.74 Å². The first-order chi connectivity index (χ1) is 6.70. The van der Waals surface area contributed by atoms with E-state index < -0.39 is 0 Å². The summed E-state index contributed by atoms with van der Waals surface area (Å²) in [6.45, 7) is 3.76. The maximum atomic E-state index is 5.91. The summed E-state index contributed by atoms with van der Waals surface area (Å²) in [5.41, 5.74) is 5.91. The third kappa shape index (κ3) is 1.66. The van der Waals surface area contributed by atoms with Crippen molar-refractivity contribution in [1.82, 2.24) is 9.78 Å². The van der Waals surface area contributed by atoms with Crippen molar-refractivity contribution in [3.63, 3.8) is 0 Å². The Labute approximate surface area is 91.5 Å². The van der Waals surface area contributed by atoms with Gasteiger partial charge in [0, 0.05) is 12.5 Å². The Morgan fingerprint density at radius 2 is 2.50 bits per heavy atom. The van der Waals surface area contributed by atoms with Gasteiger partial charge in [-0.3, -0.25) is 0 Å². The average molecular weight is 260 g/mol. The smallest absolute Gasteiger partial charge is 0.136 e. The van der Waals surface area contributed by atoms with Crippen molar-refractivity contribution >= 4 is 21.7 Å². The predicted molar refractivity (Wildman–Crippen MR) is 58.0 cm³/mol. The molecule has 0 amide bonds. The second kappa shape index (κ2) is 3.90. The Hall–Kier alpha value is -0.550. The molecule has 1 aromatic rings. The summed E-state index contributed by atoms with van der Waals surface area (Å²) in [7, 11) is 0. The molecular formula is C9H14BrN3O. The van der Waals surface area contributed by atoms with Crippen LogP contribution in [0.4, 0.5) is 5.82 Å². The number of halogens is 1. The Morgan fingerprint density at radius 3 is 3.07 bits per heavy atom. The molecule has 0 radical (unpaired) electrons. The van der Waals surface area contributed by atoms with Crippen LogP contribution < -0.4 is 5.73 Å². The molecule has 78 valence electrons. The van der Waals surface area contributed by atoms with Crippen LogP contribution in [0.5, 0.6) is 0 Å². The van der Waals surface area contributed by atoms with Gasteiger partial charge >= 0.3 is 0 Å². The van der Waals surface area contributed by atoms with Crippen molar-refractivity contribution in [3.8, 4) is 0 Å². The number of ether oxygens (including phenoxy) is 1. The zero-order chi connectivity index (χ0) is 10.1. The topological polar surface area (TPSA) is 53.1 Å². The van der Waals surface area contributed by atoms with Gasteiger partial charge < -0.3 is 10.5 Å². The van der Waals surface area contributed by atoms with E-state index in [9.17, 15) is 0 Å². The number of nitrogens with two attached hydrogens (primary N) is 1. The van der Waals surface area contributed by atoms with Crippen molar-refractivity contribution in [2.45, 2.75) is 19.4 Å². The number of nitrogens with zero attached hydrogens (tertiary/aromatic N) is 2. The lowest BCUT2D eigenvalue weighted by Crippen LogP contribution is -2.29. The largest absolute Gasteiger partial charge is 0.383 e. The lowest BCUT2D eigenvalue weighted by atomic mass is 9.98. The van der Waals surface area contributed by atoms with Crippen LogP contribution in [0.3, 0.4) is 0 Å². The van der Waals surface area contributed by atoms with Crippen LogP contribution in [0.2, 0.25) is 0 Å². The minimum Gasteiger partial charge on any atom is -0.383 e. The molecule has 0 aliphatic carbocycles. The maximum Gasteiger partial charge on any atom is 0.136 e. The van der Waals surface area contributed by atoms with Crippen LogP contribution in [0.25, 0.3) is 0 Å². The summed E-state index contributed by atoms with van der Waals surface area (Å²) in [6.07, 6.45) is 2.73. The highest BCUT2D eigenvalue weighted by Gasteiger charge is 2.25. The van der Waals surface area contributed by atoms with Crippen LogP contribution in [0.1, 0.15) is 19.4 Å². The molecule has 1 aliphatic heterocycles. The van der Waals surface area contributed by atoms with E-state index in [-0.39, 0.29) is 0 Å². The van der Waals surface area contributed by atoms with E-state index in [0.29, 0.717) is 17.8 Å². The summed E-state index contributed by atoms with van der Waals surface area (Å²) in [6, 6.07) is 0.370. The molecular weight excluding hydrogens is 246 g/mol. The molecule has 2 unspecified atom stereocenters. The zero-order valence-corrected chi connectivity index (χ0v) is 9.70. The fraction of sp³-hybridized carbons (Fsp3) is 0.667. The summed E-state index contributed by atoms with van der Waals surface area (Å²) in [5, 5.41) is 4.28. The lowest BCUT2D eigenvalue weighted by Gasteiger charge is -2.29. The van der Waals surface area contributed by atoms with Crippen LogP contribution in [-0.4, -0.2) is 23.0 Å². The van der Waals surface area contributed by atoms with Crippen molar-refractivity contribution in [3.05, 3.63) is 10.7 Å². The second-order valence-electron chi connectivity index (χ2n) is 3.73. The molecule has 5 heteroatoms. The first-order valence-electron chi connectivity index (χ1n) is 4.76. The predicted octanol–water partition coefficient (Wildman–Crippen LogP) is 1.83. The van der Waals surface area contributed by atoms with E-state index in [4.69, 9.17) is 10.5 Å². The summed E-state index contributed by atoms with van der Waals surface area (Å²) in [4.78, 5) is 0. The number of aromatic nitrogens is 2. The molecule has 14 heavy (non-hydrogen) atoms. The molecule has 1 aliphatic rings. The van der Waals surface area contributed by atoms with Crippen LogP contribution in [0, 0.1) is 5.92 Å². The minimum absolute atomic E-state index is 0.370. The van der Waals surface area contributed by atoms with Crippen molar-refractivity contribution in [2.75, 3.05) is 18.9 Å². The normalized spacial score (nSPS) is 27.9. The van der Waals surface area contributed by atoms with Crippen molar-refractivity contribution < 1.29 is 4.74 Å². The molecule has 2 N–H and O–H groups in total. The van der Waals surface area contributed by atoms with E-state index in [1.165, 1.54) is 0 Å². The third-order valence-electron chi connectivity index (χ3n) is 2.70. The van der Waals surface area contributed by atoms with Gasteiger partial charge in [-0.15, -0.1) is 0 Å². The monoisotopic (exact) mass is 259 g/mol. The van der Waals surface area contributed by atoms with Gasteiger partial charge in [-0.25, -0.2) is 4.68 Å². The second-order valence-corrected chi connectivity index (χ2v) is 4.58. The molecule has 2 atom stereocenters. The number of anilines is 1. The van der Waals surface area contributed by atoms with Crippen molar-refractivity contribution in [1.29, 1.82) is 0 Å². The lowest BCUT2D eigenvalue weighted by molar-refractivity contribution is 0.0257. The molecule has 1 aromatic heterocycles. The van der Waals surface area contributed by atoms with Gasteiger partial charge in [0.05, 0.1) is 23.3 Å². The van der Waals surface area contributed by atoms with E-state index in [1.807, 2.05) is 4.68 Å². The number of rotatable bonds is 1. The number of nitrogen functional groups attached to an aromatic ring is 1. The summed E-state index contributed by atoms with van der Waals surface area (Å²) >= 11 is 3.36. The zero-order valence-electron chi connectivity index (χ0n) is 8.11. The third-order valence-corrected chi connectivity index (χ3v) is 3.31. The van der Waals surface area contributed by atoms with Crippen molar-refractivity contribution in [2.24, 2.45) is 5.92 Å². The SMILES string of the molecule is CC1COCCC1n1ncc(Br)c1N. The average Bonchev–Trinajstić information content (AvgIpc) is 2.49. The first kappa shape index (κ1) is 9.98. The highest BCUT2D eigenvalue weighted by Crippen LogP contribution is 2.30. The van der Waals surface area contributed by atoms with Gasteiger partial charge in [-0.1, -0.05) is 6.92 Å². The standard InChI is InChI=1S/C9H14BrN3O/c1-6-5-14-3-2-8(6)13-9(11)7(10)4-12-13/h4,6,8H,2-3,5,11H2,1H3. The van der Waals surface area contributed by atoms with E-state index in [2.05, 4.69) is 28.0 Å². The van der Waals surface area contributed by atoms with Crippen LogP contribution in [0.15, 0.2) is 10.7 Å². The Balaban J connectivity index is 2.24. The number of hydrogen-bond acceptors (Lipinski definition) is 3. The van der Waals surface area contributed by atoms with E-state index in [1.54, 1.807) is 6.20 Å². The molecule has 1 fully saturated rings. The van der Waals surface area contributed by atoms with E-state index >= 15 is 0 Å². The van der Waals surface area contributed by atoms with Gasteiger partial charge in [0.2, 0.25) is 0 Å². The molecule has 1 saturated heterocycles. The van der Waals surface area contributed by atoms with Gasteiger partial charge in [-0.2, -0.15) is 5.10 Å². The molecule has 0 spiro atoms. The molecule has 0 aromatic carbocycles. The Kier molecular flexibility index (Phi) is 2.78. The Bertz CT molecular complexity index is 326. The molecule has 2 heterocycles.